The van der Waals surface area contributed by atoms with Crippen LogP contribution in [-0.2, 0) is 38.6 Å². The summed E-state index contributed by atoms with van der Waals surface area (Å²) in [5, 5.41) is 19.7. The van der Waals surface area contributed by atoms with Crippen molar-refractivity contribution in [2.24, 2.45) is 0 Å². The highest BCUT2D eigenvalue weighted by Gasteiger charge is 2.22. The summed E-state index contributed by atoms with van der Waals surface area (Å²) in [4.78, 5) is 0.152. The summed E-state index contributed by atoms with van der Waals surface area (Å²) in [5.41, 5.74) is 1.39. The summed E-state index contributed by atoms with van der Waals surface area (Å²) in [6.45, 7) is 6.22. The second-order valence-corrected chi connectivity index (χ2v) is 17.3. The van der Waals surface area contributed by atoms with Crippen LogP contribution in [0.1, 0.15) is 0 Å². The van der Waals surface area contributed by atoms with E-state index in [0.717, 1.165) is 52.9 Å². The lowest BCUT2D eigenvalue weighted by atomic mass is 10.1. The molecular formula is C32H30Br4O10S2. The van der Waals surface area contributed by atoms with Gasteiger partial charge in [-0.15, -0.1) is 0 Å². The number of hydrogen-bond donors (Lipinski definition) is 2. The first-order chi connectivity index (χ1) is 22.8. The van der Waals surface area contributed by atoms with Crippen molar-refractivity contribution in [2.75, 3.05) is 52.9 Å². The Balaban J connectivity index is 0.000000361. The van der Waals surface area contributed by atoms with Crippen molar-refractivity contribution in [3.8, 4) is 22.6 Å². The molecule has 0 unspecified atom stereocenters. The SMILES string of the molecule is C1COCCO1.C1COCCO1.O=S(=O)(c1ccc(-c2ccc(S(=O)(=O)c3cc(Br)c(O)c(Br)c3)cc2)cc1)c1cc(Br)c(O)c(Br)c1. The summed E-state index contributed by atoms with van der Waals surface area (Å²) in [6.07, 6.45) is 0. The Hall–Kier alpha value is -1.86. The number of hydrogen-bond acceptors (Lipinski definition) is 10. The van der Waals surface area contributed by atoms with Gasteiger partial charge in [-0.05, 0) is 123 Å². The highest BCUT2D eigenvalue weighted by molar-refractivity contribution is 9.11. The lowest BCUT2D eigenvalue weighted by Gasteiger charge is -2.10. The van der Waals surface area contributed by atoms with Crippen LogP contribution in [0.4, 0.5) is 0 Å². The summed E-state index contributed by atoms with van der Waals surface area (Å²) in [6, 6.07) is 17.7. The predicted molar refractivity (Wildman–Crippen MR) is 193 cm³/mol. The van der Waals surface area contributed by atoms with Gasteiger partial charge in [-0.25, -0.2) is 16.8 Å². The first-order valence-electron chi connectivity index (χ1n) is 14.2. The monoisotopic (exact) mass is 954 g/mol. The highest BCUT2D eigenvalue weighted by Crippen LogP contribution is 2.38. The number of aromatic hydroxyl groups is 2. The van der Waals surface area contributed by atoms with Crippen molar-refractivity contribution in [3.05, 3.63) is 90.7 Å². The van der Waals surface area contributed by atoms with E-state index in [1.54, 1.807) is 24.3 Å². The van der Waals surface area contributed by atoms with Crippen LogP contribution in [0, 0.1) is 0 Å². The van der Waals surface area contributed by atoms with Crippen LogP contribution < -0.4 is 0 Å². The molecule has 0 aromatic heterocycles. The molecule has 0 amide bonds. The maximum absolute atomic E-state index is 13.0. The molecule has 0 bridgehead atoms. The van der Waals surface area contributed by atoms with Crippen LogP contribution >= 0.6 is 63.7 Å². The van der Waals surface area contributed by atoms with E-state index >= 15 is 0 Å². The molecule has 0 atom stereocenters. The van der Waals surface area contributed by atoms with Gasteiger partial charge < -0.3 is 29.2 Å². The zero-order chi connectivity index (χ0) is 34.9. The maximum atomic E-state index is 13.0. The van der Waals surface area contributed by atoms with Gasteiger partial charge in [0, 0.05) is 0 Å². The van der Waals surface area contributed by atoms with Crippen LogP contribution in [0.25, 0.3) is 11.1 Å². The molecule has 2 aliphatic heterocycles. The average molecular weight is 958 g/mol. The van der Waals surface area contributed by atoms with Gasteiger partial charge in [0.1, 0.15) is 11.5 Å². The second kappa shape index (κ2) is 17.9. The predicted octanol–water partition coefficient (Wildman–Crippen LogP) is 7.55. The molecule has 0 aliphatic carbocycles. The molecule has 2 fully saturated rings. The molecule has 10 nitrogen and oxygen atoms in total. The Morgan fingerprint density at radius 2 is 0.646 bits per heavy atom. The fourth-order valence-corrected chi connectivity index (χ4v) is 9.80. The first kappa shape index (κ1) is 38.9. The van der Waals surface area contributed by atoms with Gasteiger partial charge in [-0.1, -0.05) is 24.3 Å². The molecule has 4 aromatic rings. The number of phenols is 2. The van der Waals surface area contributed by atoms with Gasteiger partial charge in [-0.3, -0.25) is 0 Å². The second-order valence-electron chi connectivity index (χ2n) is 9.98. The smallest absolute Gasteiger partial charge is 0.206 e. The summed E-state index contributed by atoms with van der Waals surface area (Å²) in [7, 11) is -7.68. The van der Waals surface area contributed by atoms with E-state index in [4.69, 9.17) is 18.9 Å². The molecule has 0 saturated carbocycles. The third kappa shape index (κ3) is 10.1. The molecule has 16 heteroatoms. The Morgan fingerprint density at radius 3 is 0.854 bits per heavy atom. The summed E-state index contributed by atoms with van der Waals surface area (Å²) in [5.74, 6) is -0.194. The van der Waals surface area contributed by atoms with Gasteiger partial charge >= 0.3 is 0 Å². The fraction of sp³-hybridized carbons (Fsp3) is 0.250. The number of rotatable bonds is 5. The molecule has 2 heterocycles. The van der Waals surface area contributed by atoms with Gasteiger partial charge in [0.05, 0.1) is 90.3 Å². The molecule has 6 rings (SSSR count). The Bertz CT molecular complexity index is 1700. The van der Waals surface area contributed by atoms with Crippen LogP contribution in [-0.4, -0.2) is 79.9 Å². The van der Waals surface area contributed by atoms with E-state index in [1.807, 2.05) is 0 Å². The van der Waals surface area contributed by atoms with Crippen molar-refractivity contribution in [1.29, 1.82) is 0 Å². The minimum Gasteiger partial charge on any atom is -0.506 e. The lowest BCUT2D eigenvalue weighted by Crippen LogP contribution is -2.16. The molecule has 2 saturated heterocycles. The molecule has 0 spiro atoms. The summed E-state index contributed by atoms with van der Waals surface area (Å²) < 4.78 is 72.9. The van der Waals surface area contributed by atoms with Crippen molar-refractivity contribution in [3.63, 3.8) is 0 Å². The van der Waals surface area contributed by atoms with E-state index < -0.39 is 19.7 Å². The zero-order valence-electron chi connectivity index (χ0n) is 25.1. The van der Waals surface area contributed by atoms with Crippen LogP contribution in [0.3, 0.4) is 0 Å². The molecular weight excluding hydrogens is 928 g/mol. The lowest BCUT2D eigenvalue weighted by molar-refractivity contribution is -0.0334. The fourth-order valence-electron chi connectivity index (χ4n) is 4.20. The summed E-state index contributed by atoms with van der Waals surface area (Å²) >= 11 is 12.6. The number of benzene rings is 4. The molecule has 0 radical (unpaired) electrons. The zero-order valence-corrected chi connectivity index (χ0v) is 33.1. The third-order valence-electron chi connectivity index (χ3n) is 6.75. The van der Waals surface area contributed by atoms with E-state index in [1.165, 1.54) is 48.5 Å². The van der Waals surface area contributed by atoms with Crippen LogP contribution in [0.15, 0.2) is 110 Å². The topological polar surface area (TPSA) is 146 Å². The largest absolute Gasteiger partial charge is 0.506 e. The molecule has 4 aromatic carbocycles. The van der Waals surface area contributed by atoms with E-state index in [-0.39, 0.29) is 49.0 Å². The third-order valence-corrected chi connectivity index (χ3v) is 12.7. The van der Waals surface area contributed by atoms with Crippen molar-refractivity contribution < 1.29 is 46.0 Å². The van der Waals surface area contributed by atoms with Gasteiger partial charge in [0.25, 0.3) is 0 Å². The first-order valence-corrected chi connectivity index (χ1v) is 20.3. The molecule has 258 valence electrons. The molecule has 2 aliphatic rings. The van der Waals surface area contributed by atoms with Crippen LogP contribution in [0.5, 0.6) is 11.5 Å². The number of sulfone groups is 2. The Kier molecular flexibility index (Phi) is 14.5. The maximum Gasteiger partial charge on any atom is 0.206 e. The Morgan fingerprint density at radius 1 is 0.417 bits per heavy atom. The number of phenolic OH excluding ortho intramolecular Hbond substituents is 2. The Labute approximate surface area is 312 Å². The molecule has 48 heavy (non-hydrogen) atoms. The van der Waals surface area contributed by atoms with Gasteiger partial charge in [0.15, 0.2) is 0 Å². The standard InChI is InChI=1S/C24H14Br4O6S2.2C4H8O2/c25-19-9-17(10-20(26)23(19)29)35(31,32)15-5-1-13(2-6-15)14-3-7-16(8-4-14)36(33,34)18-11-21(27)24(30)22(28)12-18;2*1-2-6-4-3-5-1/h1-12,29-30H;2*1-4H2. The normalized spacial score (nSPS) is 15.0. The van der Waals surface area contributed by atoms with Crippen LogP contribution in [0.2, 0.25) is 0 Å². The minimum atomic E-state index is -3.84. The van der Waals surface area contributed by atoms with Crippen molar-refractivity contribution in [2.45, 2.75) is 19.6 Å². The van der Waals surface area contributed by atoms with E-state index in [9.17, 15) is 27.0 Å². The minimum absolute atomic E-state index is 0.00821. The van der Waals surface area contributed by atoms with Gasteiger partial charge in [0.2, 0.25) is 19.7 Å². The van der Waals surface area contributed by atoms with Gasteiger partial charge in [-0.2, -0.15) is 0 Å². The average Bonchev–Trinajstić information content (AvgIpc) is 3.11. The van der Waals surface area contributed by atoms with Crippen molar-refractivity contribution in [1.82, 2.24) is 0 Å². The van der Waals surface area contributed by atoms with Crippen molar-refractivity contribution >= 4 is 83.4 Å². The quantitative estimate of drug-likeness (QED) is 0.206. The number of halogens is 4. The van der Waals surface area contributed by atoms with E-state index in [2.05, 4.69) is 63.7 Å². The molecule has 2 N–H and O–H groups in total. The van der Waals surface area contributed by atoms with E-state index in [0.29, 0.717) is 11.1 Å². The highest BCUT2D eigenvalue weighted by atomic mass is 79.9. The number of ether oxygens (including phenoxy) is 4.